The van der Waals surface area contributed by atoms with Gasteiger partial charge in [-0.1, -0.05) is 0 Å². The summed E-state index contributed by atoms with van der Waals surface area (Å²) in [5.74, 6) is 3.72. The Morgan fingerprint density at radius 3 is 3.00 bits per heavy atom. The first-order chi connectivity index (χ1) is 8.16. The lowest BCUT2D eigenvalue weighted by atomic mass is 10.0. The van der Waals surface area contributed by atoms with E-state index in [1.165, 1.54) is 22.6 Å². The number of carbonyl (C=O) groups excluding carboxylic acids is 1. The van der Waals surface area contributed by atoms with Crippen LogP contribution in [0.25, 0.3) is 0 Å². The maximum Gasteiger partial charge on any atom is 0.237 e. The van der Waals surface area contributed by atoms with Gasteiger partial charge in [0.2, 0.25) is 5.78 Å². The molecule has 0 atom stereocenters. The van der Waals surface area contributed by atoms with Gasteiger partial charge in [0, 0.05) is 30.6 Å². The van der Waals surface area contributed by atoms with Gasteiger partial charge in [-0.05, 0) is 48.3 Å². The fraction of sp³-hybridized carbons (Fsp3) is 0.357. The molecule has 1 heterocycles. The smallest absolute Gasteiger partial charge is 0.237 e. The predicted molar refractivity (Wildman–Crippen MR) is 71.3 cm³/mol. The maximum absolute atomic E-state index is 11.8. The first-order valence-corrected chi connectivity index (χ1v) is 6.64. The number of ketones is 1. The molecule has 88 valence electrons. The molecule has 2 rings (SSSR count). The monoisotopic (exact) mass is 245 g/mol. The van der Waals surface area contributed by atoms with Crippen molar-refractivity contribution in [1.82, 2.24) is 4.90 Å². The van der Waals surface area contributed by atoms with E-state index in [0.717, 1.165) is 6.42 Å². The van der Waals surface area contributed by atoms with Crippen LogP contribution in [0, 0.1) is 12.0 Å². The van der Waals surface area contributed by atoms with Crippen LogP contribution in [0.4, 0.5) is 0 Å². The second-order valence-electron chi connectivity index (χ2n) is 4.23. The molecule has 0 spiro atoms. The molecule has 0 bridgehead atoms. The van der Waals surface area contributed by atoms with Crippen molar-refractivity contribution >= 4 is 17.5 Å². The van der Waals surface area contributed by atoms with Crippen LogP contribution in [0.1, 0.15) is 22.3 Å². The molecular formula is C14H15NOS. The normalized spacial score (nSPS) is 13.3. The summed E-state index contributed by atoms with van der Waals surface area (Å²) in [6, 6.07) is 8.67. The summed E-state index contributed by atoms with van der Waals surface area (Å²) >= 11 is 1.87. The second-order valence-corrected chi connectivity index (χ2v) is 5.37. The van der Waals surface area contributed by atoms with Crippen LogP contribution in [0.5, 0.6) is 0 Å². The fourth-order valence-electron chi connectivity index (χ4n) is 1.74. The Hall–Kier alpha value is -1.40. The molecule has 1 aliphatic rings. The minimum atomic E-state index is -0.0999. The summed E-state index contributed by atoms with van der Waals surface area (Å²) in [6.07, 6.45) is 2.27. The van der Waals surface area contributed by atoms with Gasteiger partial charge in [0.1, 0.15) is 0 Å². The average molecular weight is 245 g/mol. The van der Waals surface area contributed by atoms with Crippen LogP contribution >= 0.6 is 11.8 Å². The van der Waals surface area contributed by atoms with Crippen molar-refractivity contribution in [3.63, 3.8) is 0 Å². The molecule has 0 aromatic heterocycles. The highest BCUT2D eigenvalue weighted by Crippen LogP contribution is 2.30. The molecule has 3 heteroatoms. The van der Waals surface area contributed by atoms with Gasteiger partial charge in [-0.3, -0.25) is 4.79 Å². The zero-order valence-electron chi connectivity index (χ0n) is 10.1. The lowest BCUT2D eigenvalue weighted by Gasteiger charge is -2.15. The highest BCUT2D eigenvalue weighted by atomic mass is 32.2. The van der Waals surface area contributed by atoms with E-state index in [-0.39, 0.29) is 5.78 Å². The molecule has 0 N–H and O–H groups in total. The van der Waals surface area contributed by atoms with E-state index >= 15 is 0 Å². The third-order valence-corrected chi connectivity index (χ3v) is 3.77. The number of fused-ring (bicyclic) bond motifs is 1. The summed E-state index contributed by atoms with van der Waals surface area (Å²) in [5, 5.41) is 0. The fourth-order valence-corrected chi connectivity index (χ4v) is 2.76. The first kappa shape index (κ1) is 12.1. The number of benzene rings is 1. The van der Waals surface area contributed by atoms with E-state index < -0.39 is 0 Å². The number of carbonyl (C=O) groups is 1. The third kappa shape index (κ3) is 3.04. The van der Waals surface area contributed by atoms with E-state index in [4.69, 9.17) is 0 Å². The van der Waals surface area contributed by atoms with Gasteiger partial charge in [-0.25, -0.2) is 0 Å². The van der Waals surface area contributed by atoms with Gasteiger partial charge >= 0.3 is 0 Å². The molecular weight excluding hydrogens is 230 g/mol. The topological polar surface area (TPSA) is 20.3 Å². The van der Waals surface area contributed by atoms with Crippen LogP contribution in [0.3, 0.4) is 0 Å². The first-order valence-electron chi connectivity index (χ1n) is 5.66. The summed E-state index contributed by atoms with van der Waals surface area (Å²) in [4.78, 5) is 14.8. The Bertz CT molecular complexity index is 497. The van der Waals surface area contributed by atoms with Gasteiger partial charge < -0.3 is 4.90 Å². The van der Waals surface area contributed by atoms with Gasteiger partial charge in [-0.15, -0.1) is 11.8 Å². The van der Waals surface area contributed by atoms with Gasteiger partial charge in [-0.2, -0.15) is 0 Å². The van der Waals surface area contributed by atoms with E-state index in [9.17, 15) is 4.79 Å². The molecule has 1 aromatic rings. The van der Waals surface area contributed by atoms with Crippen molar-refractivity contribution in [3.8, 4) is 12.0 Å². The number of hydrogen-bond acceptors (Lipinski definition) is 3. The number of aryl methyl sites for hydroxylation is 1. The zero-order chi connectivity index (χ0) is 12.3. The quantitative estimate of drug-likeness (QED) is 0.430. The maximum atomic E-state index is 11.8. The van der Waals surface area contributed by atoms with Crippen LogP contribution in [-0.2, 0) is 6.42 Å². The lowest BCUT2D eigenvalue weighted by molar-refractivity contribution is 0.105. The zero-order valence-corrected chi connectivity index (χ0v) is 10.9. The molecule has 0 saturated carbocycles. The van der Waals surface area contributed by atoms with E-state index in [0.29, 0.717) is 5.56 Å². The lowest BCUT2D eigenvalue weighted by Crippen LogP contribution is -2.05. The predicted octanol–water partition coefficient (Wildman–Crippen LogP) is 2.43. The van der Waals surface area contributed by atoms with Gasteiger partial charge in [0.25, 0.3) is 0 Å². The van der Waals surface area contributed by atoms with Crippen LogP contribution in [0.2, 0.25) is 0 Å². The molecule has 17 heavy (non-hydrogen) atoms. The highest BCUT2D eigenvalue weighted by Gasteiger charge is 2.12. The Labute approximate surface area is 106 Å². The summed E-state index contributed by atoms with van der Waals surface area (Å²) in [5.41, 5.74) is 2.00. The Morgan fingerprint density at radius 1 is 1.41 bits per heavy atom. The van der Waals surface area contributed by atoms with Crippen molar-refractivity contribution in [2.75, 3.05) is 19.8 Å². The van der Waals surface area contributed by atoms with Crippen molar-refractivity contribution in [2.45, 2.75) is 17.7 Å². The van der Waals surface area contributed by atoms with E-state index in [2.05, 4.69) is 12.0 Å². The van der Waals surface area contributed by atoms with Crippen molar-refractivity contribution in [2.24, 2.45) is 0 Å². The Morgan fingerprint density at radius 2 is 2.24 bits per heavy atom. The molecule has 0 saturated heterocycles. The number of nitrogens with zero attached hydrogens (tertiary/aromatic N) is 1. The van der Waals surface area contributed by atoms with Crippen LogP contribution < -0.4 is 0 Å². The Balaban J connectivity index is 2.23. The van der Waals surface area contributed by atoms with Crippen LogP contribution in [0.15, 0.2) is 23.1 Å². The Kier molecular flexibility index (Phi) is 3.75. The molecule has 1 aromatic carbocycles. The van der Waals surface area contributed by atoms with Gasteiger partial charge in [0.15, 0.2) is 0 Å². The molecule has 0 fully saturated rings. The molecule has 0 unspecified atom stereocenters. The third-order valence-electron chi connectivity index (χ3n) is 2.56. The standard InChI is InChI=1S/C14H15NOS/c1-15(2)8-7-13(16)11-5-6-14-12(10-11)4-3-9-17-14/h5-6,10H,3-4,9H2,1-2H3. The highest BCUT2D eigenvalue weighted by molar-refractivity contribution is 7.99. The molecule has 1 aliphatic heterocycles. The number of hydrogen-bond donors (Lipinski definition) is 0. The van der Waals surface area contributed by atoms with Crippen LogP contribution in [-0.4, -0.2) is 30.5 Å². The largest absolute Gasteiger partial charge is 0.338 e. The molecule has 0 amide bonds. The minimum Gasteiger partial charge on any atom is -0.338 e. The second kappa shape index (κ2) is 5.29. The average Bonchev–Trinajstić information content (AvgIpc) is 2.35. The van der Waals surface area contributed by atoms with Crippen molar-refractivity contribution in [1.29, 1.82) is 0 Å². The summed E-state index contributed by atoms with van der Waals surface area (Å²) in [6.45, 7) is 0. The number of Topliss-reactive ketones (excluding diaryl/α,β-unsaturated/α-hetero) is 1. The van der Waals surface area contributed by atoms with E-state index in [1.807, 2.05) is 44.1 Å². The van der Waals surface area contributed by atoms with Crippen molar-refractivity contribution < 1.29 is 4.79 Å². The summed E-state index contributed by atoms with van der Waals surface area (Å²) < 4.78 is 0. The molecule has 0 radical (unpaired) electrons. The SMILES string of the molecule is CN(C)C#CC(=O)c1ccc2c(c1)CCCS2. The molecule has 0 aliphatic carbocycles. The summed E-state index contributed by atoms with van der Waals surface area (Å²) in [7, 11) is 3.65. The molecule has 2 nitrogen and oxygen atoms in total. The van der Waals surface area contributed by atoms with Crippen molar-refractivity contribution in [3.05, 3.63) is 29.3 Å². The minimum absolute atomic E-state index is 0.0999. The number of rotatable bonds is 1. The van der Waals surface area contributed by atoms with E-state index in [1.54, 1.807) is 4.90 Å². The number of thioether (sulfide) groups is 1. The van der Waals surface area contributed by atoms with Gasteiger partial charge in [0.05, 0.1) is 0 Å².